The van der Waals surface area contributed by atoms with E-state index in [1.807, 2.05) is 0 Å². The number of ketones is 1. The maximum Gasteiger partial charge on any atom is 0.148 e. The summed E-state index contributed by atoms with van der Waals surface area (Å²) in [5.74, 6) is -0.0247. The summed E-state index contributed by atoms with van der Waals surface area (Å²) in [5.41, 5.74) is 1.65. The van der Waals surface area contributed by atoms with Gasteiger partial charge in [0, 0.05) is 6.42 Å². The lowest BCUT2D eigenvalue weighted by Gasteiger charge is -2.12. The highest BCUT2D eigenvalue weighted by Crippen LogP contribution is 2.22. The van der Waals surface area contributed by atoms with Crippen molar-refractivity contribution >= 4 is 5.78 Å². The molecule has 0 saturated carbocycles. The van der Waals surface area contributed by atoms with Gasteiger partial charge in [-0.3, -0.25) is 4.79 Å². The van der Waals surface area contributed by atoms with Crippen molar-refractivity contribution in [2.75, 3.05) is 0 Å². The summed E-state index contributed by atoms with van der Waals surface area (Å²) < 4.78 is 0. The number of allylic oxidation sites excluding steroid dienone is 1. The zero-order valence-corrected chi connectivity index (χ0v) is 11.0. The topological polar surface area (TPSA) is 57.5 Å². The monoisotopic (exact) mass is 268 g/mol. The van der Waals surface area contributed by atoms with E-state index < -0.39 is 5.92 Å². The van der Waals surface area contributed by atoms with E-state index in [9.17, 15) is 15.0 Å². The number of rotatable bonds is 5. The predicted molar refractivity (Wildman–Crippen MR) is 77.9 cm³/mol. The molecule has 0 aliphatic carbocycles. The number of aromatic hydroxyl groups is 2. The van der Waals surface area contributed by atoms with E-state index in [4.69, 9.17) is 0 Å². The van der Waals surface area contributed by atoms with Gasteiger partial charge in [0.2, 0.25) is 0 Å². The van der Waals surface area contributed by atoms with Crippen LogP contribution in [0.25, 0.3) is 0 Å². The minimum absolute atomic E-state index is 0.0244. The fraction of sp³-hybridized carbons (Fsp3) is 0.118. The summed E-state index contributed by atoms with van der Waals surface area (Å²) in [6.45, 7) is 3.71. The third kappa shape index (κ3) is 3.26. The molecule has 2 aromatic carbocycles. The smallest absolute Gasteiger partial charge is 0.148 e. The summed E-state index contributed by atoms with van der Waals surface area (Å²) in [6, 6.07) is 13.1. The van der Waals surface area contributed by atoms with Crippen molar-refractivity contribution in [2.45, 2.75) is 12.3 Å². The van der Waals surface area contributed by atoms with E-state index in [1.165, 1.54) is 0 Å². The number of hydrogen-bond donors (Lipinski definition) is 2. The first-order chi connectivity index (χ1) is 9.60. The molecule has 0 aromatic heterocycles. The first-order valence-electron chi connectivity index (χ1n) is 6.32. The zero-order valence-electron chi connectivity index (χ0n) is 11.0. The third-order valence-electron chi connectivity index (χ3n) is 3.15. The first-order valence-corrected chi connectivity index (χ1v) is 6.32. The minimum Gasteiger partial charge on any atom is -0.508 e. The highest BCUT2D eigenvalue weighted by Gasteiger charge is 2.17. The molecule has 0 radical (unpaired) electrons. The highest BCUT2D eigenvalue weighted by atomic mass is 16.3. The van der Waals surface area contributed by atoms with Gasteiger partial charge in [-0.1, -0.05) is 30.3 Å². The van der Waals surface area contributed by atoms with Crippen LogP contribution in [0, 0.1) is 0 Å². The standard InChI is InChI=1S/C17H16O3/c1-2-16(13-5-9-15(19)10-6-13)17(20)11-12-3-7-14(18)8-4-12/h2-10,16,18-19H,1,11H2. The Labute approximate surface area is 117 Å². The zero-order chi connectivity index (χ0) is 14.5. The number of benzene rings is 2. The molecule has 3 heteroatoms. The van der Waals surface area contributed by atoms with Gasteiger partial charge in [-0.05, 0) is 35.4 Å². The van der Waals surface area contributed by atoms with Crippen LogP contribution in [0.3, 0.4) is 0 Å². The number of carbonyl (C=O) groups is 1. The van der Waals surface area contributed by atoms with Crippen LogP contribution in [-0.2, 0) is 11.2 Å². The fourth-order valence-corrected chi connectivity index (χ4v) is 2.06. The first kappa shape index (κ1) is 13.9. The second-order valence-electron chi connectivity index (χ2n) is 4.61. The van der Waals surface area contributed by atoms with E-state index >= 15 is 0 Å². The van der Waals surface area contributed by atoms with Crippen LogP contribution in [0.5, 0.6) is 11.5 Å². The van der Waals surface area contributed by atoms with E-state index in [-0.39, 0.29) is 23.7 Å². The molecule has 2 N–H and O–H groups in total. The van der Waals surface area contributed by atoms with Gasteiger partial charge in [0.15, 0.2) is 0 Å². The van der Waals surface area contributed by atoms with Crippen LogP contribution in [0.4, 0.5) is 0 Å². The van der Waals surface area contributed by atoms with Crippen molar-refractivity contribution in [2.24, 2.45) is 0 Å². The number of hydrogen-bond acceptors (Lipinski definition) is 3. The van der Waals surface area contributed by atoms with Crippen molar-refractivity contribution in [1.29, 1.82) is 0 Å². The molecule has 2 rings (SSSR count). The maximum atomic E-state index is 12.3. The highest BCUT2D eigenvalue weighted by molar-refractivity contribution is 5.89. The summed E-state index contributed by atoms with van der Waals surface area (Å²) >= 11 is 0. The Hall–Kier alpha value is -2.55. The van der Waals surface area contributed by atoms with Crippen molar-refractivity contribution in [3.63, 3.8) is 0 Å². The van der Waals surface area contributed by atoms with Crippen LogP contribution < -0.4 is 0 Å². The molecule has 3 nitrogen and oxygen atoms in total. The Bertz CT molecular complexity index is 597. The van der Waals surface area contributed by atoms with Gasteiger partial charge < -0.3 is 10.2 Å². The third-order valence-corrected chi connectivity index (χ3v) is 3.15. The molecule has 102 valence electrons. The van der Waals surface area contributed by atoms with Crippen LogP contribution in [0.15, 0.2) is 61.2 Å². The van der Waals surface area contributed by atoms with Crippen LogP contribution in [-0.4, -0.2) is 16.0 Å². The summed E-state index contributed by atoms with van der Waals surface area (Å²) in [7, 11) is 0. The van der Waals surface area contributed by atoms with Gasteiger partial charge in [-0.2, -0.15) is 0 Å². The lowest BCUT2D eigenvalue weighted by Crippen LogP contribution is -2.12. The quantitative estimate of drug-likeness (QED) is 0.819. The Balaban J connectivity index is 2.15. The number of carbonyl (C=O) groups excluding carboxylic acids is 1. The number of phenolic OH excluding ortho intramolecular Hbond substituents is 2. The molecule has 0 saturated heterocycles. The molecule has 1 atom stereocenters. The molecule has 0 aliphatic heterocycles. The maximum absolute atomic E-state index is 12.3. The van der Waals surface area contributed by atoms with Gasteiger partial charge >= 0.3 is 0 Å². The van der Waals surface area contributed by atoms with E-state index in [2.05, 4.69) is 6.58 Å². The lowest BCUT2D eigenvalue weighted by molar-refractivity contribution is -0.118. The Kier molecular flexibility index (Phi) is 4.20. The van der Waals surface area contributed by atoms with Crippen molar-refractivity contribution in [3.8, 4) is 11.5 Å². The average Bonchev–Trinajstić information content (AvgIpc) is 2.44. The van der Waals surface area contributed by atoms with Gasteiger partial charge in [-0.15, -0.1) is 6.58 Å². The van der Waals surface area contributed by atoms with Crippen LogP contribution in [0.1, 0.15) is 17.0 Å². The van der Waals surface area contributed by atoms with Crippen molar-refractivity contribution in [3.05, 3.63) is 72.3 Å². The lowest BCUT2D eigenvalue weighted by atomic mass is 9.91. The Morgan fingerprint density at radius 1 is 1.00 bits per heavy atom. The van der Waals surface area contributed by atoms with E-state index in [0.29, 0.717) is 0 Å². The average molecular weight is 268 g/mol. The molecular formula is C17H16O3. The molecule has 0 amide bonds. The fourth-order valence-electron chi connectivity index (χ4n) is 2.06. The van der Waals surface area contributed by atoms with Crippen molar-refractivity contribution in [1.82, 2.24) is 0 Å². The molecule has 0 bridgehead atoms. The SMILES string of the molecule is C=CC(C(=O)Cc1ccc(O)cc1)c1ccc(O)cc1. The van der Waals surface area contributed by atoms with Gasteiger partial charge in [0.1, 0.15) is 17.3 Å². The summed E-state index contributed by atoms with van der Waals surface area (Å²) in [5, 5.41) is 18.5. The molecule has 0 fully saturated rings. The predicted octanol–water partition coefficient (Wildman–Crippen LogP) is 3.18. The van der Waals surface area contributed by atoms with E-state index in [1.54, 1.807) is 54.6 Å². The van der Waals surface area contributed by atoms with Crippen LogP contribution >= 0.6 is 0 Å². The number of Topliss-reactive ketones (excluding diaryl/α,β-unsaturated/α-hetero) is 1. The normalized spacial score (nSPS) is 11.8. The molecular weight excluding hydrogens is 252 g/mol. The molecule has 2 aromatic rings. The summed E-state index contributed by atoms with van der Waals surface area (Å²) in [4.78, 5) is 12.3. The second-order valence-corrected chi connectivity index (χ2v) is 4.61. The molecule has 0 heterocycles. The largest absolute Gasteiger partial charge is 0.508 e. The summed E-state index contributed by atoms with van der Waals surface area (Å²) in [6.07, 6.45) is 1.88. The molecule has 0 aliphatic rings. The van der Waals surface area contributed by atoms with Gasteiger partial charge in [-0.25, -0.2) is 0 Å². The van der Waals surface area contributed by atoms with E-state index in [0.717, 1.165) is 11.1 Å². The van der Waals surface area contributed by atoms with Gasteiger partial charge in [0.25, 0.3) is 0 Å². The Morgan fingerprint density at radius 2 is 1.50 bits per heavy atom. The Morgan fingerprint density at radius 3 is 2.00 bits per heavy atom. The molecule has 0 spiro atoms. The molecule has 1 unspecified atom stereocenters. The number of phenols is 2. The van der Waals surface area contributed by atoms with Gasteiger partial charge in [0.05, 0.1) is 5.92 Å². The minimum atomic E-state index is -0.399. The molecule has 20 heavy (non-hydrogen) atoms. The van der Waals surface area contributed by atoms with Crippen LogP contribution in [0.2, 0.25) is 0 Å². The van der Waals surface area contributed by atoms with Crippen molar-refractivity contribution < 1.29 is 15.0 Å². The second kappa shape index (κ2) is 6.06.